The molecule has 1 aliphatic rings. The molecule has 0 aliphatic carbocycles. The lowest BCUT2D eigenvalue weighted by molar-refractivity contribution is -0.141. The van der Waals surface area contributed by atoms with E-state index in [-0.39, 0.29) is 17.0 Å². The van der Waals surface area contributed by atoms with Crippen LogP contribution in [0.2, 0.25) is 0 Å². The lowest BCUT2D eigenvalue weighted by atomic mass is 10.2. The van der Waals surface area contributed by atoms with Crippen LogP contribution in [0.15, 0.2) is 6.20 Å². The number of rotatable bonds is 3. The van der Waals surface area contributed by atoms with Gasteiger partial charge < -0.3 is 10.0 Å². The lowest BCUT2D eigenvalue weighted by Gasteiger charge is -2.25. The van der Waals surface area contributed by atoms with Crippen molar-refractivity contribution in [1.82, 2.24) is 19.9 Å². The number of aromatic nitrogens is 3. The summed E-state index contributed by atoms with van der Waals surface area (Å²) in [6.45, 7) is 1.93. The molecule has 0 bridgehead atoms. The van der Waals surface area contributed by atoms with Crippen LogP contribution >= 0.6 is 11.8 Å². The van der Waals surface area contributed by atoms with E-state index in [1.165, 1.54) is 27.7 Å². The van der Waals surface area contributed by atoms with E-state index < -0.39 is 12.0 Å². The Bertz CT molecular complexity index is 475. The first-order valence-corrected chi connectivity index (χ1v) is 6.62. The van der Waals surface area contributed by atoms with Gasteiger partial charge in [-0.15, -0.1) is 16.9 Å². The Kier molecular flexibility index (Phi) is 3.55. The van der Waals surface area contributed by atoms with E-state index in [1.807, 2.05) is 6.92 Å². The third-order valence-electron chi connectivity index (χ3n) is 2.78. The van der Waals surface area contributed by atoms with E-state index in [0.29, 0.717) is 12.2 Å². The summed E-state index contributed by atoms with van der Waals surface area (Å²) in [5.74, 6) is -0.928. The minimum absolute atomic E-state index is 0.111. The first-order chi connectivity index (χ1) is 8.54. The lowest BCUT2D eigenvalue weighted by Crippen LogP contribution is -2.45. The molecule has 2 unspecified atom stereocenters. The van der Waals surface area contributed by atoms with E-state index in [4.69, 9.17) is 5.11 Å². The minimum atomic E-state index is -0.976. The second kappa shape index (κ2) is 4.97. The SMILES string of the molecule is CCC1SCC(C(=O)O)N1C(=O)c1cnn(C)n1. The number of carboxylic acid groups (broad SMARTS) is 1. The van der Waals surface area contributed by atoms with Crippen LogP contribution < -0.4 is 0 Å². The van der Waals surface area contributed by atoms with Gasteiger partial charge in [-0.1, -0.05) is 6.92 Å². The fourth-order valence-electron chi connectivity index (χ4n) is 1.92. The van der Waals surface area contributed by atoms with Gasteiger partial charge in [0.1, 0.15) is 6.04 Å². The maximum Gasteiger partial charge on any atom is 0.327 e. The molecule has 1 saturated heterocycles. The van der Waals surface area contributed by atoms with Crippen LogP contribution in [-0.2, 0) is 11.8 Å². The highest BCUT2D eigenvalue weighted by atomic mass is 32.2. The molecule has 1 aromatic heterocycles. The Morgan fingerprint density at radius 2 is 2.33 bits per heavy atom. The van der Waals surface area contributed by atoms with Gasteiger partial charge in [-0.05, 0) is 6.42 Å². The molecule has 98 valence electrons. The summed E-state index contributed by atoms with van der Waals surface area (Å²) >= 11 is 1.49. The van der Waals surface area contributed by atoms with E-state index in [9.17, 15) is 9.59 Å². The number of aryl methyl sites for hydroxylation is 1. The molecule has 1 N–H and O–H groups in total. The molecule has 1 aliphatic heterocycles. The molecule has 1 amide bonds. The van der Waals surface area contributed by atoms with E-state index >= 15 is 0 Å². The zero-order valence-electron chi connectivity index (χ0n) is 10.1. The standard InChI is InChI=1S/C10H14N4O3S/c1-3-8-14(7(5-18-8)10(16)17)9(15)6-4-11-13(2)12-6/h4,7-8H,3,5H2,1-2H3,(H,16,17). The molecule has 0 saturated carbocycles. The minimum Gasteiger partial charge on any atom is -0.480 e. The largest absolute Gasteiger partial charge is 0.480 e. The molecular weight excluding hydrogens is 256 g/mol. The highest BCUT2D eigenvalue weighted by Crippen LogP contribution is 2.32. The Hall–Kier alpha value is -1.57. The summed E-state index contributed by atoms with van der Waals surface area (Å²) in [5, 5.41) is 16.8. The Labute approximate surface area is 108 Å². The van der Waals surface area contributed by atoms with Gasteiger partial charge >= 0.3 is 5.97 Å². The number of amides is 1. The van der Waals surface area contributed by atoms with Crippen molar-refractivity contribution in [2.45, 2.75) is 24.8 Å². The Morgan fingerprint density at radius 3 is 2.83 bits per heavy atom. The summed E-state index contributed by atoms with van der Waals surface area (Å²) in [7, 11) is 1.61. The fraction of sp³-hybridized carbons (Fsp3) is 0.600. The van der Waals surface area contributed by atoms with Gasteiger partial charge in [0.05, 0.1) is 11.6 Å². The zero-order chi connectivity index (χ0) is 13.3. The van der Waals surface area contributed by atoms with Crippen molar-refractivity contribution in [3.8, 4) is 0 Å². The van der Waals surface area contributed by atoms with Gasteiger partial charge in [0.15, 0.2) is 5.69 Å². The quantitative estimate of drug-likeness (QED) is 0.843. The Balaban J connectivity index is 2.27. The number of thioether (sulfide) groups is 1. The average Bonchev–Trinajstić information content (AvgIpc) is 2.93. The number of nitrogens with zero attached hydrogens (tertiary/aromatic N) is 4. The summed E-state index contributed by atoms with van der Waals surface area (Å²) in [6.07, 6.45) is 2.07. The maximum atomic E-state index is 12.3. The molecule has 0 spiro atoms. The van der Waals surface area contributed by atoms with Crippen LogP contribution in [0.3, 0.4) is 0 Å². The van der Waals surface area contributed by atoms with E-state index in [2.05, 4.69) is 10.2 Å². The van der Waals surface area contributed by atoms with Crippen LogP contribution in [0.5, 0.6) is 0 Å². The molecule has 18 heavy (non-hydrogen) atoms. The highest BCUT2D eigenvalue weighted by Gasteiger charge is 2.41. The summed E-state index contributed by atoms with van der Waals surface area (Å²) in [6, 6.07) is -0.783. The molecule has 0 aromatic carbocycles. The highest BCUT2D eigenvalue weighted by molar-refractivity contribution is 8.00. The van der Waals surface area contributed by atoms with Gasteiger partial charge in [0.25, 0.3) is 5.91 Å². The van der Waals surface area contributed by atoms with Crippen molar-refractivity contribution >= 4 is 23.6 Å². The molecule has 1 aromatic rings. The van der Waals surface area contributed by atoms with E-state index in [0.717, 1.165) is 0 Å². The molecule has 8 heteroatoms. The molecule has 2 atom stereocenters. The van der Waals surface area contributed by atoms with Gasteiger partial charge in [0.2, 0.25) is 0 Å². The number of aliphatic carboxylic acids is 1. The van der Waals surface area contributed by atoms with Gasteiger partial charge in [-0.2, -0.15) is 9.90 Å². The van der Waals surface area contributed by atoms with Gasteiger partial charge in [-0.3, -0.25) is 4.79 Å². The second-order valence-corrected chi connectivity index (χ2v) is 5.19. The van der Waals surface area contributed by atoms with Crippen LogP contribution in [-0.4, -0.2) is 54.0 Å². The van der Waals surface area contributed by atoms with Crippen molar-refractivity contribution in [3.63, 3.8) is 0 Å². The number of hydrogen-bond acceptors (Lipinski definition) is 5. The fourth-order valence-corrected chi connectivity index (χ4v) is 3.26. The average molecular weight is 270 g/mol. The first kappa shape index (κ1) is 12.9. The Morgan fingerprint density at radius 1 is 1.61 bits per heavy atom. The summed E-state index contributed by atoms with van der Waals surface area (Å²) in [4.78, 5) is 26.1. The molecule has 7 nitrogen and oxygen atoms in total. The van der Waals surface area contributed by atoms with Gasteiger partial charge in [0, 0.05) is 12.8 Å². The molecule has 2 rings (SSSR count). The number of hydrogen-bond donors (Lipinski definition) is 1. The van der Waals surface area contributed by atoms with E-state index in [1.54, 1.807) is 7.05 Å². The monoisotopic (exact) mass is 270 g/mol. The van der Waals surface area contributed by atoms with Gasteiger partial charge in [-0.25, -0.2) is 4.79 Å². The second-order valence-electron chi connectivity index (χ2n) is 3.98. The smallest absolute Gasteiger partial charge is 0.327 e. The zero-order valence-corrected chi connectivity index (χ0v) is 10.9. The first-order valence-electron chi connectivity index (χ1n) is 5.58. The summed E-state index contributed by atoms with van der Waals surface area (Å²) in [5.41, 5.74) is 0.185. The van der Waals surface area contributed by atoms with Crippen molar-refractivity contribution < 1.29 is 14.7 Å². The van der Waals surface area contributed by atoms with Crippen molar-refractivity contribution in [3.05, 3.63) is 11.9 Å². The van der Waals surface area contributed by atoms with Crippen molar-refractivity contribution in [1.29, 1.82) is 0 Å². The number of carbonyl (C=O) groups excluding carboxylic acids is 1. The number of carboxylic acids is 1. The predicted octanol–water partition coefficient (Wildman–Crippen LogP) is 0.193. The van der Waals surface area contributed by atoms with Crippen LogP contribution in [0.25, 0.3) is 0 Å². The van der Waals surface area contributed by atoms with Crippen LogP contribution in [0.1, 0.15) is 23.8 Å². The normalized spacial score (nSPS) is 23.3. The predicted molar refractivity (Wildman–Crippen MR) is 65.1 cm³/mol. The number of carbonyl (C=O) groups is 2. The molecule has 1 fully saturated rings. The molecular formula is C10H14N4O3S. The van der Waals surface area contributed by atoms with Crippen LogP contribution in [0, 0.1) is 0 Å². The van der Waals surface area contributed by atoms with Crippen molar-refractivity contribution in [2.24, 2.45) is 7.05 Å². The molecule has 0 radical (unpaired) electrons. The summed E-state index contributed by atoms with van der Waals surface area (Å²) < 4.78 is 0. The molecule has 2 heterocycles. The third kappa shape index (κ3) is 2.20. The maximum absolute atomic E-state index is 12.3. The topological polar surface area (TPSA) is 88.3 Å². The van der Waals surface area contributed by atoms with Crippen molar-refractivity contribution in [2.75, 3.05) is 5.75 Å². The third-order valence-corrected chi connectivity index (χ3v) is 4.23. The van der Waals surface area contributed by atoms with Crippen LogP contribution in [0.4, 0.5) is 0 Å².